The van der Waals surface area contributed by atoms with E-state index in [4.69, 9.17) is 5.73 Å². The normalized spacial score (nSPS) is 26.2. The summed E-state index contributed by atoms with van der Waals surface area (Å²) in [6, 6.07) is 3.89. The van der Waals surface area contributed by atoms with E-state index in [-0.39, 0.29) is 4.90 Å². The van der Waals surface area contributed by atoms with E-state index in [2.05, 4.69) is 9.88 Å². The topological polar surface area (TPSA) is 79.5 Å². The minimum Gasteiger partial charge on any atom is -0.328 e. The van der Waals surface area contributed by atoms with Gasteiger partial charge in [0.2, 0.25) is 10.0 Å². The molecule has 1 aromatic heterocycles. The molecule has 1 atom stereocenters. The molecule has 3 heterocycles. The molecule has 1 aromatic rings. The first-order chi connectivity index (χ1) is 10.1. The van der Waals surface area contributed by atoms with Crippen LogP contribution in [-0.2, 0) is 10.0 Å². The summed E-state index contributed by atoms with van der Waals surface area (Å²) in [5.41, 5.74) is 5.93. The van der Waals surface area contributed by atoms with E-state index in [1.807, 2.05) is 0 Å². The molecule has 2 saturated heterocycles. The number of piperidine rings is 1. The molecule has 0 radical (unpaired) electrons. The Morgan fingerprint density at radius 1 is 1.19 bits per heavy atom. The molecule has 0 saturated carbocycles. The molecular formula is C14H22N4O2S. The summed E-state index contributed by atoms with van der Waals surface area (Å²) in [7, 11) is -3.40. The van der Waals surface area contributed by atoms with Crippen LogP contribution in [0.15, 0.2) is 29.4 Å². The fourth-order valence-electron chi connectivity index (χ4n) is 3.16. The largest absolute Gasteiger partial charge is 0.328 e. The van der Waals surface area contributed by atoms with Crippen molar-refractivity contribution in [3.05, 3.63) is 24.5 Å². The van der Waals surface area contributed by atoms with Gasteiger partial charge in [0.25, 0.3) is 0 Å². The molecule has 2 aliphatic rings. The van der Waals surface area contributed by atoms with Gasteiger partial charge in [0, 0.05) is 37.6 Å². The molecule has 21 heavy (non-hydrogen) atoms. The molecule has 2 N–H and O–H groups in total. The average molecular weight is 310 g/mol. The molecule has 1 unspecified atom stereocenters. The summed E-state index contributed by atoms with van der Waals surface area (Å²) in [5, 5.41) is 0. The van der Waals surface area contributed by atoms with Gasteiger partial charge in [-0.15, -0.1) is 0 Å². The van der Waals surface area contributed by atoms with E-state index in [1.165, 1.54) is 6.20 Å². The van der Waals surface area contributed by atoms with Gasteiger partial charge in [-0.1, -0.05) is 0 Å². The molecule has 0 amide bonds. The predicted octanol–water partition coefficient (Wildman–Crippen LogP) is 0.268. The number of pyridine rings is 1. The van der Waals surface area contributed by atoms with Crippen LogP contribution >= 0.6 is 0 Å². The molecule has 0 spiro atoms. The van der Waals surface area contributed by atoms with Crippen LogP contribution in [-0.4, -0.2) is 60.9 Å². The molecule has 0 bridgehead atoms. The second-order valence-electron chi connectivity index (χ2n) is 5.87. The highest BCUT2D eigenvalue weighted by molar-refractivity contribution is 7.89. The van der Waals surface area contributed by atoms with Crippen LogP contribution in [0.5, 0.6) is 0 Å². The van der Waals surface area contributed by atoms with Crippen LogP contribution in [0.1, 0.15) is 19.3 Å². The van der Waals surface area contributed by atoms with E-state index in [0.29, 0.717) is 25.2 Å². The van der Waals surface area contributed by atoms with Crippen molar-refractivity contribution in [3.63, 3.8) is 0 Å². The number of hydrogen-bond donors (Lipinski definition) is 1. The van der Waals surface area contributed by atoms with E-state index < -0.39 is 10.0 Å². The van der Waals surface area contributed by atoms with E-state index in [1.54, 1.807) is 22.6 Å². The monoisotopic (exact) mass is 310 g/mol. The lowest BCUT2D eigenvalue weighted by atomic mass is 10.0. The van der Waals surface area contributed by atoms with Crippen molar-refractivity contribution < 1.29 is 8.42 Å². The fraction of sp³-hybridized carbons (Fsp3) is 0.643. The number of rotatable bonds is 3. The molecule has 0 aromatic carbocycles. The van der Waals surface area contributed by atoms with Crippen LogP contribution < -0.4 is 5.73 Å². The highest BCUT2D eigenvalue weighted by Gasteiger charge is 2.36. The number of likely N-dealkylation sites (tertiary alicyclic amines) is 1. The number of nitrogens with two attached hydrogens (primary N) is 1. The van der Waals surface area contributed by atoms with E-state index in [9.17, 15) is 8.42 Å². The van der Waals surface area contributed by atoms with Crippen molar-refractivity contribution in [3.8, 4) is 0 Å². The first-order valence-corrected chi connectivity index (χ1v) is 8.91. The Kier molecular flexibility index (Phi) is 4.26. The number of nitrogens with zero attached hydrogens (tertiary/aromatic N) is 3. The zero-order chi connectivity index (χ0) is 14.9. The van der Waals surface area contributed by atoms with Gasteiger partial charge in [0.1, 0.15) is 4.90 Å². The summed E-state index contributed by atoms with van der Waals surface area (Å²) in [4.78, 5) is 6.58. The minimum atomic E-state index is -3.40. The van der Waals surface area contributed by atoms with Gasteiger partial charge in [-0.3, -0.25) is 9.88 Å². The molecule has 2 aliphatic heterocycles. The minimum absolute atomic E-state index is 0.284. The number of sulfonamides is 1. The third-order valence-corrected chi connectivity index (χ3v) is 6.34. The van der Waals surface area contributed by atoms with E-state index >= 15 is 0 Å². The van der Waals surface area contributed by atoms with Gasteiger partial charge in [-0.25, -0.2) is 8.42 Å². The summed E-state index contributed by atoms with van der Waals surface area (Å²) in [6.07, 6.45) is 5.91. The molecule has 2 fully saturated rings. The molecule has 6 nitrogen and oxygen atoms in total. The van der Waals surface area contributed by atoms with Crippen LogP contribution in [0, 0.1) is 0 Å². The lowest BCUT2D eigenvalue weighted by molar-refractivity contribution is 0.159. The summed E-state index contributed by atoms with van der Waals surface area (Å²) >= 11 is 0. The smallest absolute Gasteiger partial charge is 0.244 e. The quantitative estimate of drug-likeness (QED) is 0.867. The van der Waals surface area contributed by atoms with Gasteiger partial charge in [-0.2, -0.15) is 4.31 Å². The highest BCUT2D eigenvalue weighted by Crippen LogP contribution is 2.24. The summed E-state index contributed by atoms with van der Waals surface area (Å²) < 4.78 is 26.7. The van der Waals surface area contributed by atoms with Crippen LogP contribution in [0.2, 0.25) is 0 Å². The Hall–Kier alpha value is -1.02. The van der Waals surface area contributed by atoms with Crippen molar-refractivity contribution in [2.45, 2.75) is 36.2 Å². The maximum Gasteiger partial charge on any atom is 0.244 e. The second-order valence-corrected chi connectivity index (χ2v) is 7.81. The van der Waals surface area contributed by atoms with Crippen molar-refractivity contribution in [1.82, 2.24) is 14.2 Å². The molecule has 0 aliphatic carbocycles. The fourth-order valence-corrected chi connectivity index (χ4v) is 4.62. The Labute approximate surface area is 126 Å². The summed E-state index contributed by atoms with van der Waals surface area (Å²) in [6.45, 7) is 3.12. The first kappa shape index (κ1) is 14.9. The predicted molar refractivity (Wildman–Crippen MR) is 80.2 cm³/mol. The van der Waals surface area contributed by atoms with Gasteiger partial charge < -0.3 is 5.73 Å². The average Bonchev–Trinajstić information content (AvgIpc) is 2.99. The zero-order valence-corrected chi connectivity index (χ0v) is 12.9. The summed E-state index contributed by atoms with van der Waals surface area (Å²) in [5.74, 6) is 0. The van der Waals surface area contributed by atoms with Crippen molar-refractivity contribution in [2.75, 3.05) is 26.2 Å². The number of aromatic nitrogens is 1. The first-order valence-electron chi connectivity index (χ1n) is 7.47. The molecule has 116 valence electrons. The second kappa shape index (κ2) is 6.00. The van der Waals surface area contributed by atoms with Crippen molar-refractivity contribution >= 4 is 10.0 Å². The SMILES string of the molecule is NC1CCN(C2CCN(S(=O)(=O)c3cccnc3)C2)CC1. The van der Waals surface area contributed by atoms with E-state index in [0.717, 1.165) is 32.4 Å². The van der Waals surface area contributed by atoms with Gasteiger partial charge in [-0.05, 0) is 44.5 Å². The Morgan fingerprint density at radius 2 is 1.95 bits per heavy atom. The Bertz CT molecular complexity index is 570. The maximum atomic E-state index is 12.6. The third-order valence-electron chi connectivity index (χ3n) is 4.49. The van der Waals surface area contributed by atoms with Crippen molar-refractivity contribution in [2.24, 2.45) is 5.73 Å². The number of hydrogen-bond acceptors (Lipinski definition) is 5. The maximum absolute atomic E-state index is 12.6. The standard InChI is InChI=1S/C14H22N4O2S/c15-12-3-7-17(8-4-12)13-5-9-18(11-13)21(19,20)14-2-1-6-16-10-14/h1-2,6,10,12-13H,3-5,7-9,11,15H2. The van der Waals surface area contributed by atoms with Crippen molar-refractivity contribution in [1.29, 1.82) is 0 Å². The van der Waals surface area contributed by atoms with Gasteiger partial charge in [0.05, 0.1) is 0 Å². The van der Waals surface area contributed by atoms with Crippen LogP contribution in [0.3, 0.4) is 0 Å². The third kappa shape index (κ3) is 3.11. The van der Waals surface area contributed by atoms with Crippen LogP contribution in [0.25, 0.3) is 0 Å². The lowest BCUT2D eigenvalue weighted by Crippen LogP contribution is -2.46. The zero-order valence-electron chi connectivity index (χ0n) is 12.1. The molecule has 3 rings (SSSR count). The molecular weight excluding hydrogens is 288 g/mol. The van der Waals surface area contributed by atoms with Gasteiger partial charge in [0.15, 0.2) is 0 Å². The molecule has 7 heteroatoms. The Balaban J connectivity index is 1.67. The van der Waals surface area contributed by atoms with Crippen LogP contribution in [0.4, 0.5) is 0 Å². The Morgan fingerprint density at radius 3 is 2.62 bits per heavy atom. The highest BCUT2D eigenvalue weighted by atomic mass is 32.2. The van der Waals surface area contributed by atoms with Gasteiger partial charge >= 0.3 is 0 Å². The lowest BCUT2D eigenvalue weighted by Gasteiger charge is -2.34.